The first-order valence-electron chi connectivity index (χ1n) is 9.66. The molecule has 1 aliphatic rings. The molecule has 0 aliphatic carbocycles. The Morgan fingerprint density at radius 2 is 1.90 bits per heavy atom. The molecule has 1 aliphatic heterocycles. The van der Waals surface area contributed by atoms with Crippen molar-refractivity contribution in [3.05, 3.63) is 57.1 Å². The summed E-state index contributed by atoms with van der Waals surface area (Å²) in [6.07, 6.45) is 2.65. The summed E-state index contributed by atoms with van der Waals surface area (Å²) in [4.78, 5) is 22.9. The number of sulfonamides is 1. The number of hydrogen-bond donors (Lipinski definition) is 1. The maximum absolute atomic E-state index is 12.9. The van der Waals surface area contributed by atoms with E-state index in [1.165, 1.54) is 28.6 Å². The first-order chi connectivity index (χ1) is 14.7. The molecule has 1 heterocycles. The van der Waals surface area contributed by atoms with E-state index in [1.807, 2.05) is 0 Å². The summed E-state index contributed by atoms with van der Waals surface area (Å²) in [5.41, 5.74) is 0.645. The number of amides is 1. The molecule has 0 atom stereocenters. The van der Waals surface area contributed by atoms with Gasteiger partial charge in [-0.15, -0.1) is 0 Å². The summed E-state index contributed by atoms with van der Waals surface area (Å²) < 4.78 is 32.5. The van der Waals surface area contributed by atoms with E-state index in [0.29, 0.717) is 24.3 Å². The van der Waals surface area contributed by atoms with Gasteiger partial charge in [-0.2, -0.15) is 4.31 Å². The van der Waals surface area contributed by atoms with Crippen molar-refractivity contribution in [2.24, 2.45) is 0 Å². The van der Waals surface area contributed by atoms with Crippen molar-refractivity contribution in [3.63, 3.8) is 0 Å². The normalized spacial score (nSPS) is 14.8. The highest BCUT2D eigenvalue weighted by Gasteiger charge is 2.26. The monoisotopic (exact) mass is 467 g/mol. The Kier molecular flexibility index (Phi) is 7.14. The first-order valence-corrected chi connectivity index (χ1v) is 11.5. The van der Waals surface area contributed by atoms with E-state index in [2.05, 4.69) is 5.32 Å². The fourth-order valence-corrected chi connectivity index (χ4v) is 4.95. The molecule has 3 rings (SSSR count). The highest BCUT2D eigenvalue weighted by atomic mass is 35.5. The molecule has 0 radical (unpaired) electrons. The van der Waals surface area contributed by atoms with E-state index in [-0.39, 0.29) is 21.4 Å². The van der Waals surface area contributed by atoms with E-state index >= 15 is 0 Å². The number of hydrogen-bond acceptors (Lipinski definition) is 6. The van der Waals surface area contributed by atoms with E-state index in [9.17, 15) is 23.3 Å². The summed E-state index contributed by atoms with van der Waals surface area (Å²) in [5.74, 6) is -0.678. The zero-order valence-electron chi connectivity index (χ0n) is 16.8. The van der Waals surface area contributed by atoms with E-state index < -0.39 is 27.5 Å². The number of carbonyl (C=O) groups excluding carboxylic acids is 1. The van der Waals surface area contributed by atoms with Crippen molar-refractivity contribution in [3.8, 4) is 5.75 Å². The molecule has 2 aromatic carbocycles. The lowest BCUT2D eigenvalue weighted by atomic mass is 10.2. The smallest absolute Gasteiger partial charge is 0.312 e. The largest absolute Gasteiger partial charge is 0.477 e. The standard InChI is InChI=1S/C20H22ClN3O6S/c1-14-5-7-16(31(28,29)23-9-3-2-4-10-23)12-17(14)22-20(25)13-30-19-8-6-15(21)11-18(19)24(26)27/h5-8,11-12H,2-4,9-10,13H2,1H3,(H,22,25). The van der Waals surface area contributed by atoms with Gasteiger partial charge in [-0.1, -0.05) is 24.1 Å². The van der Waals surface area contributed by atoms with Crippen molar-refractivity contribution in [2.45, 2.75) is 31.1 Å². The lowest BCUT2D eigenvalue weighted by Gasteiger charge is -2.26. The molecule has 0 bridgehead atoms. The van der Waals surface area contributed by atoms with Crippen LogP contribution >= 0.6 is 11.6 Å². The predicted octanol–water partition coefficient (Wildman–Crippen LogP) is 3.75. The second-order valence-corrected chi connectivity index (χ2v) is 9.52. The average molecular weight is 468 g/mol. The van der Waals surface area contributed by atoms with Crippen LogP contribution in [0.1, 0.15) is 24.8 Å². The van der Waals surface area contributed by atoms with Gasteiger partial charge in [0.15, 0.2) is 12.4 Å². The van der Waals surface area contributed by atoms with Crippen LogP contribution in [0.4, 0.5) is 11.4 Å². The van der Waals surface area contributed by atoms with E-state index in [1.54, 1.807) is 13.0 Å². The highest BCUT2D eigenvalue weighted by Crippen LogP contribution is 2.30. The van der Waals surface area contributed by atoms with Crippen molar-refractivity contribution >= 4 is 38.9 Å². The van der Waals surface area contributed by atoms with Crippen LogP contribution in [-0.2, 0) is 14.8 Å². The molecular formula is C20H22ClN3O6S. The van der Waals surface area contributed by atoms with Crippen molar-refractivity contribution < 1.29 is 22.9 Å². The number of aryl methyl sites for hydroxylation is 1. The summed E-state index contributed by atoms with van der Waals surface area (Å²) in [6, 6.07) is 8.42. The molecule has 1 amide bonds. The van der Waals surface area contributed by atoms with Crippen molar-refractivity contribution in [1.82, 2.24) is 4.31 Å². The third kappa shape index (κ3) is 5.52. The van der Waals surface area contributed by atoms with Crippen LogP contribution in [0.25, 0.3) is 0 Å². The molecule has 11 heteroatoms. The predicted molar refractivity (Wildman–Crippen MR) is 116 cm³/mol. The van der Waals surface area contributed by atoms with Crippen LogP contribution < -0.4 is 10.1 Å². The number of nitro groups is 1. The quantitative estimate of drug-likeness (QED) is 0.489. The molecule has 0 unspecified atom stereocenters. The summed E-state index contributed by atoms with van der Waals surface area (Å²) >= 11 is 5.76. The van der Waals surface area contributed by atoms with Crippen LogP contribution in [0.3, 0.4) is 0 Å². The minimum Gasteiger partial charge on any atom is -0.477 e. The number of ether oxygens (including phenoxy) is 1. The number of rotatable bonds is 7. The lowest BCUT2D eigenvalue weighted by Crippen LogP contribution is -2.35. The Hall–Kier alpha value is -2.69. The van der Waals surface area contributed by atoms with Gasteiger partial charge in [0.25, 0.3) is 5.91 Å². The summed E-state index contributed by atoms with van der Waals surface area (Å²) in [7, 11) is -3.65. The fraction of sp³-hybridized carbons (Fsp3) is 0.350. The van der Waals surface area contributed by atoms with Crippen LogP contribution in [-0.4, -0.2) is 43.2 Å². The molecule has 0 aromatic heterocycles. The molecule has 0 saturated carbocycles. The number of nitrogens with zero attached hydrogens (tertiary/aromatic N) is 2. The number of nitrogens with one attached hydrogen (secondary N) is 1. The maximum Gasteiger partial charge on any atom is 0.312 e. The van der Waals surface area contributed by atoms with Crippen LogP contribution in [0.15, 0.2) is 41.3 Å². The Labute approximate surface area is 185 Å². The Morgan fingerprint density at radius 3 is 2.58 bits per heavy atom. The SMILES string of the molecule is Cc1ccc(S(=O)(=O)N2CCCCC2)cc1NC(=O)COc1ccc(Cl)cc1[N+](=O)[O-]. The summed E-state index contributed by atoms with van der Waals surface area (Å²) in [5, 5.41) is 13.9. The van der Waals surface area contributed by atoms with Gasteiger partial charge in [0.2, 0.25) is 10.0 Å². The topological polar surface area (TPSA) is 119 Å². The van der Waals surface area contributed by atoms with Gasteiger partial charge >= 0.3 is 5.69 Å². The minimum atomic E-state index is -3.65. The van der Waals surface area contributed by atoms with Gasteiger partial charge in [-0.3, -0.25) is 14.9 Å². The fourth-order valence-electron chi connectivity index (χ4n) is 3.24. The van der Waals surface area contributed by atoms with Crippen molar-refractivity contribution in [2.75, 3.05) is 25.0 Å². The number of benzene rings is 2. The second kappa shape index (κ2) is 9.63. The number of anilines is 1. The average Bonchev–Trinajstić information content (AvgIpc) is 2.74. The molecule has 0 spiro atoms. The van der Waals surface area contributed by atoms with Gasteiger partial charge < -0.3 is 10.1 Å². The third-order valence-electron chi connectivity index (χ3n) is 4.91. The minimum absolute atomic E-state index is 0.0947. The summed E-state index contributed by atoms with van der Waals surface area (Å²) in [6.45, 7) is 2.19. The third-order valence-corrected chi connectivity index (χ3v) is 7.04. The molecule has 1 fully saturated rings. The Bertz CT molecular complexity index is 1100. The van der Waals surface area contributed by atoms with E-state index in [0.717, 1.165) is 25.3 Å². The van der Waals surface area contributed by atoms with Gasteiger partial charge in [-0.05, 0) is 49.6 Å². The Balaban J connectivity index is 1.72. The van der Waals surface area contributed by atoms with E-state index in [4.69, 9.17) is 16.3 Å². The maximum atomic E-state index is 12.9. The molecule has 9 nitrogen and oxygen atoms in total. The van der Waals surface area contributed by atoms with Crippen LogP contribution in [0, 0.1) is 17.0 Å². The second-order valence-electron chi connectivity index (χ2n) is 7.15. The van der Waals surface area contributed by atoms with Gasteiger partial charge in [-0.25, -0.2) is 8.42 Å². The van der Waals surface area contributed by atoms with Gasteiger partial charge in [0, 0.05) is 29.9 Å². The van der Waals surface area contributed by atoms with Gasteiger partial charge in [0.05, 0.1) is 9.82 Å². The number of piperidine rings is 1. The van der Waals surface area contributed by atoms with Crippen LogP contribution in [0.5, 0.6) is 5.75 Å². The first kappa shape index (κ1) is 23.0. The number of halogens is 1. The molecule has 1 N–H and O–H groups in total. The Morgan fingerprint density at radius 1 is 1.19 bits per heavy atom. The highest BCUT2D eigenvalue weighted by molar-refractivity contribution is 7.89. The number of carbonyl (C=O) groups is 1. The number of nitro benzene ring substituents is 1. The zero-order valence-corrected chi connectivity index (χ0v) is 18.4. The molecule has 166 valence electrons. The molecule has 31 heavy (non-hydrogen) atoms. The molecule has 2 aromatic rings. The molecular weight excluding hydrogens is 446 g/mol. The zero-order chi connectivity index (χ0) is 22.6. The van der Waals surface area contributed by atoms with Crippen molar-refractivity contribution in [1.29, 1.82) is 0 Å². The molecule has 1 saturated heterocycles. The van der Waals surface area contributed by atoms with Crippen LogP contribution in [0.2, 0.25) is 5.02 Å². The lowest BCUT2D eigenvalue weighted by molar-refractivity contribution is -0.385. The van der Waals surface area contributed by atoms with Gasteiger partial charge in [0.1, 0.15) is 0 Å².